The topological polar surface area (TPSA) is 77.4 Å². The molecule has 7 nitrogen and oxygen atoms in total. The number of hydrogen-bond donors (Lipinski definition) is 0. The standard InChI is InChI=1S/C27H30N2O5/c1-4-32-23-16-13-19(17-24(23)33-5-2)25-21-9-7-8-10-22(21)26(30)29(28-25)20-14-11-18(12-15-20)27(31)34-6-3/h7-8,11-17,21-22H,4-6,9-10H2,1-3H3/t21-,22+/m0/s1. The Kier molecular flexibility index (Phi) is 7.30. The minimum atomic E-state index is -0.390. The van der Waals surface area contributed by atoms with Crippen molar-refractivity contribution in [3.8, 4) is 11.5 Å². The summed E-state index contributed by atoms with van der Waals surface area (Å²) in [5.74, 6) is 0.697. The summed E-state index contributed by atoms with van der Waals surface area (Å²) in [6.45, 7) is 7.00. The number of ether oxygens (including phenoxy) is 3. The highest BCUT2D eigenvalue weighted by Gasteiger charge is 2.40. The zero-order chi connectivity index (χ0) is 24.1. The minimum absolute atomic E-state index is 0.0139. The molecule has 2 aromatic carbocycles. The maximum atomic E-state index is 13.4. The van der Waals surface area contributed by atoms with Crippen molar-refractivity contribution in [3.05, 3.63) is 65.7 Å². The van der Waals surface area contributed by atoms with Crippen LogP contribution in [0, 0.1) is 11.8 Å². The highest BCUT2D eigenvalue weighted by Crippen LogP contribution is 2.38. The van der Waals surface area contributed by atoms with Crippen LogP contribution in [-0.4, -0.2) is 37.4 Å². The van der Waals surface area contributed by atoms with E-state index >= 15 is 0 Å². The van der Waals surface area contributed by atoms with E-state index in [-0.39, 0.29) is 17.7 Å². The molecule has 4 rings (SSSR count). The highest BCUT2D eigenvalue weighted by atomic mass is 16.5. The average Bonchev–Trinajstić information content (AvgIpc) is 2.86. The lowest BCUT2D eigenvalue weighted by atomic mass is 9.76. The quantitative estimate of drug-likeness (QED) is 0.408. The van der Waals surface area contributed by atoms with Gasteiger partial charge in [-0.1, -0.05) is 12.2 Å². The summed E-state index contributed by atoms with van der Waals surface area (Å²) < 4.78 is 16.6. The number of hydrazone groups is 1. The Morgan fingerprint density at radius 2 is 1.59 bits per heavy atom. The Morgan fingerprint density at radius 3 is 2.26 bits per heavy atom. The summed E-state index contributed by atoms with van der Waals surface area (Å²) in [5.41, 5.74) is 2.79. The molecule has 0 fully saturated rings. The van der Waals surface area contributed by atoms with Gasteiger partial charge < -0.3 is 14.2 Å². The number of anilines is 1. The third-order valence-corrected chi connectivity index (χ3v) is 5.98. The van der Waals surface area contributed by atoms with Crippen LogP contribution in [0.4, 0.5) is 5.69 Å². The van der Waals surface area contributed by atoms with Crippen LogP contribution in [0.2, 0.25) is 0 Å². The van der Waals surface area contributed by atoms with Gasteiger partial charge >= 0.3 is 5.97 Å². The van der Waals surface area contributed by atoms with Crippen molar-refractivity contribution in [2.45, 2.75) is 33.6 Å². The van der Waals surface area contributed by atoms with E-state index in [0.717, 1.165) is 17.7 Å². The molecule has 1 heterocycles. The number of benzene rings is 2. The number of fused-ring (bicyclic) bond motifs is 1. The van der Waals surface area contributed by atoms with E-state index < -0.39 is 5.97 Å². The third kappa shape index (κ3) is 4.69. The van der Waals surface area contributed by atoms with Crippen LogP contribution in [0.3, 0.4) is 0 Å². The molecular formula is C27H30N2O5. The van der Waals surface area contributed by atoms with E-state index in [1.165, 1.54) is 5.01 Å². The second-order valence-electron chi connectivity index (χ2n) is 8.09. The van der Waals surface area contributed by atoms with Gasteiger partial charge in [-0.05, 0) is 76.1 Å². The molecule has 2 atom stereocenters. The molecule has 0 saturated carbocycles. The lowest BCUT2D eigenvalue weighted by molar-refractivity contribution is -0.123. The van der Waals surface area contributed by atoms with Crippen LogP contribution in [-0.2, 0) is 9.53 Å². The van der Waals surface area contributed by atoms with Crippen molar-refractivity contribution >= 4 is 23.3 Å². The number of allylic oxidation sites excluding steroid dienone is 2. The Labute approximate surface area is 200 Å². The minimum Gasteiger partial charge on any atom is -0.490 e. The number of nitrogens with zero attached hydrogens (tertiary/aromatic N) is 2. The number of carbonyl (C=O) groups is 2. The maximum Gasteiger partial charge on any atom is 0.338 e. The summed E-state index contributed by atoms with van der Waals surface area (Å²) in [4.78, 5) is 25.4. The smallest absolute Gasteiger partial charge is 0.338 e. The Morgan fingerprint density at radius 1 is 0.912 bits per heavy atom. The molecule has 2 aliphatic rings. The number of amides is 1. The molecule has 0 spiro atoms. The van der Waals surface area contributed by atoms with Crippen molar-refractivity contribution in [3.63, 3.8) is 0 Å². The Balaban J connectivity index is 1.74. The monoisotopic (exact) mass is 462 g/mol. The van der Waals surface area contributed by atoms with Crippen molar-refractivity contribution < 1.29 is 23.8 Å². The Bertz CT molecular complexity index is 1110. The van der Waals surface area contributed by atoms with Gasteiger partial charge in [0.1, 0.15) is 0 Å². The molecule has 0 unspecified atom stereocenters. The summed E-state index contributed by atoms with van der Waals surface area (Å²) >= 11 is 0. The third-order valence-electron chi connectivity index (χ3n) is 5.98. The number of rotatable bonds is 8. The van der Waals surface area contributed by atoms with Crippen molar-refractivity contribution in [2.75, 3.05) is 24.8 Å². The average molecular weight is 463 g/mol. The molecule has 0 bridgehead atoms. The fourth-order valence-corrected chi connectivity index (χ4v) is 4.40. The predicted octanol–water partition coefficient (Wildman–Crippen LogP) is 4.99. The normalized spacial score (nSPS) is 19.3. The first-order chi connectivity index (χ1) is 16.6. The van der Waals surface area contributed by atoms with Crippen LogP contribution in [0.1, 0.15) is 49.5 Å². The van der Waals surface area contributed by atoms with Crippen LogP contribution in [0.15, 0.2) is 59.7 Å². The first-order valence-corrected chi connectivity index (χ1v) is 11.8. The van der Waals surface area contributed by atoms with Gasteiger partial charge in [-0.3, -0.25) is 4.79 Å². The first kappa shape index (κ1) is 23.5. The summed E-state index contributed by atoms with van der Waals surface area (Å²) in [6.07, 6.45) is 5.59. The summed E-state index contributed by atoms with van der Waals surface area (Å²) in [7, 11) is 0. The van der Waals surface area contributed by atoms with Gasteiger partial charge in [-0.2, -0.15) is 5.10 Å². The van der Waals surface area contributed by atoms with Gasteiger partial charge in [0.15, 0.2) is 11.5 Å². The van der Waals surface area contributed by atoms with Gasteiger partial charge in [0.25, 0.3) is 5.91 Å². The van der Waals surface area contributed by atoms with E-state index in [2.05, 4.69) is 12.2 Å². The maximum absolute atomic E-state index is 13.4. The SMILES string of the molecule is CCOC(=O)c1ccc(N2N=C(c3ccc(OCC)c(OCC)c3)[C@H]3CC=CC[C@H]3C2=O)cc1. The summed E-state index contributed by atoms with van der Waals surface area (Å²) in [6, 6.07) is 12.6. The molecule has 7 heteroatoms. The van der Waals surface area contributed by atoms with Crippen molar-refractivity contribution in [1.82, 2.24) is 0 Å². The summed E-state index contributed by atoms with van der Waals surface area (Å²) in [5, 5.41) is 6.29. The van der Waals surface area contributed by atoms with Crippen LogP contribution < -0.4 is 14.5 Å². The lowest BCUT2D eigenvalue weighted by Crippen LogP contribution is -2.45. The molecule has 0 N–H and O–H groups in total. The zero-order valence-corrected chi connectivity index (χ0v) is 19.8. The van der Waals surface area contributed by atoms with Gasteiger partial charge in [-0.25, -0.2) is 9.80 Å². The highest BCUT2D eigenvalue weighted by molar-refractivity contribution is 6.11. The number of carbonyl (C=O) groups excluding carboxylic acids is 2. The molecule has 0 aromatic heterocycles. The Hall–Kier alpha value is -3.61. The molecule has 0 saturated heterocycles. The van der Waals surface area contributed by atoms with E-state index in [0.29, 0.717) is 49.0 Å². The van der Waals surface area contributed by atoms with E-state index in [1.807, 2.05) is 32.0 Å². The second kappa shape index (κ2) is 10.5. The van der Waals surface area contributed by atoms with Gasteiger partial charge in [-0.15, -0.1) is 0 Å². The van der Waals surface area contributed by atoms with Gasteiger partial charge in [0.2, 0.25) is 0 Å². The molecular weight excluding hydrogens is 432 g/mol. The van der Waals surface area contributed by atoms with Gasteiger partial charge in [0.05, 0.1) is 42.7 Å². The van der Waals surface area contributed by atoms with Crippen LogP contribution in [0.25, 0.3) is 0 Å². The lowest BCUT2D eigenvalue weighted by Gasteiger charge is -2.37. The molecule has 1 amide bonds. The molecule has 178 valence electrons. The number of esters is 1. The first-order valence-electron chi connectivity index (χ1n) is 11.8. The van der Waals surface area contributed by atoms with E-state index in [1.54, 1.807) is 31.2 Å². The van der Waals surface area contributed by atoms with E-state index in [4.69, 9.17) is 19.3 Å². The zero-order valence-electron chi connectivity index (χ0n) is 19.8. The fraction of sp³-hybridized carbons (Fsp3) is 0.370. The van der Waals surface area contributed by atoms with Crippen molar-refractivity contribution in [2.24, 2.45) is 16.9 Å². The van der Waals surface area contributed by atoms with Crippen LogP contribution in [0.5, 0.6) is 11.5 Å². The second-order valence-corrected chi connectivity index (χ2v) is 8.09. The van der Waals surface area contributed by atoms with E-state index in [9.17, 15) is 9.59 Å². The molecule has 0 radical (unpaired) electrons. The molecule has 34 heavy (non-hydrogen) atoms. The van der Waals surface area contributed by atoms with Crippen LogP contribution >= 0.6 is 0 Å². The molecule has 2 aromatic rings. The molecule has 1 aliphatic heterocycles. The largest absolute Gasteiger partial charge is 0.490 e. The van der Waals surface area contributed by atoms with Gasteiger partial charge in [0, 0.05) is 11.5 Å². The van der Waals surface area contributed by atoms with Crippen molar-refractivity contribution in [1.29, 1.82) is 0 Å². The number of hydrogen-bond acceptors (Lipinski definition) is 6. The molecule has 1 aliphatic carbocycles. The predicted molar refractivity (Wildman–Crippen MR) is 131 cm³/mol. The fourth-order valence-electron chi connectivity index (χ4n) is 4.40.